The average Bonchev–Trinajstić information content (AvgIpc) is 3.18. The Hall–Kier alpha value is -1.98. The third-order valence-corrected chi connectivity index (χ3v) is 4.13. The van der Waals surface area contributed by atoms with Gasteiger partial charge in [0.1, 0.15) is 5.82 Å². The first-order chi connectivity index (χ1) is 10.3. The lowest BCUT2D eigenvalue weighted by Crippen LogP contribution is -2.19. The molecule has 21 heavy (non-hydrogen) atoms. The molecule has 2 aromatic heterocycles. The number of benzene rings is 1. The first kappa shape index (κ1) is 14.0. The van der Waals surface area contributed by atoms with Crippen LogP contribution >= 0.6 is 11.3 Å². The van der Waals surface area contributed by atoms with Gasteiger partial charge in [0, 0.05) is 35.9 Å². The van der Waals surface area contributed by atoms with E-state index in [2.05, 4.69) is 10.4 Å². The van der Waals surface area contributed by atoms with Gasteiger partial charge in [-0.3, -0.25) is 4.68 Å². The molecule has 0 unspecified atom stereocenters. The van der Waals surface area contributed by atoms with Crippen LogP contribution in [0.2, 0.25) is 0 Å². The molecule has 0 aliphatic carbocycles. The van der Waals surface area contributed by atoms with Crippen LogP contribution in [0.1, 0.15) is 5.56 Å². The van der Waals surface area contributed by atoms with Gasteiger partial charge in [-0.1, -0.05) is 12.1 Å². The van der Waals surface area contributed by atoms with E-state index in [4.69, 9.17) is 0 Å². The van der Waals surface area contributed by atoms with Gasteiger partial charge in [0.2, 0.25) is 0 Å². The molecule has 0 bridgehead atoms. The zero-order valence-electron chi connectivity index (χ0n) is 11.5. The van der Waals surface area contributed by atoms with Crippen molar-refractivity contribution in [3.05, 3.63) is 65.6 Å². The van der Waals surface area contributed by atoms with E-state index in [9.17, 15) is 4.39 Å². The largest absolute Gasteiger partial charge is 0.311 e. The van der Waals surface area contributed by atoms with Gasteiger partial charge in [-0.05, 0) is 35.2 Å². The summed E-state index contributed by atoms with van der Waals surface area (Å²) in [4.78, 5) is 0.964. The maximum atomic E-state index is 13.9. The van der Waals surface area contributed by atoms with Gasteiger partial charge in [0.25, 0.3) is 0 Å². The molecule has 3 nitrogen and oxygen atoms in total. The van der Waals surface area contributed by atoms with E-state index in [-0.39, 0.29) is 5.82 Å². The molecule has 1 N–H and O–H groups in total. The maximum absolute atomic E-state index is 13.9. The van der Waals surface area contributed by atoms with Gasteiger partial charge >= 0.3 is 0 Å². The number of aromatic nitrogens is 2. The Labute approximate surface area is 127 Å². The first-order valence-electron chi connectivity index (χ1n) is 6.83. The Morgan fingerprint density at radius 2 is 2.19 bits per heavy atom. The summed E-state index contributed by atoms with van der Waals surface area (Å²) in [6.07, 6.45) is 3.71. The minimum atomic E-state index is -0.169. The molecule has 108 valence electrons. The number of nitrogens with one attached hydrogen (secondary N) is 1. The molecular formula is C16H16FN3S. The molecule has 0 aliphatic rings. The fraction of sp³-hybridized carbons (Fsp3) is 0.188. The third-order valence-electron chi connectivity index (χ3n) is 3.22. The smallest absolute Gasteiger partial charge is 0.131 e. The Morgan fingerprint density at radius 1 is 1.24 bits per heavy atom. The standard InChI is InChI=1S/C16H16FN3S/c17-15-5-4-13(11-14(15)16-3-1-10-21-16)12-18-7-9-20-8-2-6-19-20/h1-6,8,10-11,18H,7,9,12H2. The van der Waals surface area contributed by atoms with Crippen LogP contribution in [-0.4, -0.2) is 16.3 Å². The molecule has 3 aromatic rings. The summed E-state index contributed by atoms with van der Waals surface area (Å²) < 4.78 is 15.8. The third kappa shape index (κ3) is 3.56. The van der Waals surface area contributed by atoms with Gasteiger partial charge < -0.3 is 5.32 Å². The van der Waals surface area contributed by atoms with Crippen LogP contribution in [0, 0.1) is 5.82 Å². The van der Waals surface area contributed by atoms with Crippen molar-refractivity contribution in [3.63, 3.8) is 0 Å². The lowest BCUT2D eigenvalue weighted by Gasteiger charge is -2.08. The fourth-order valence-corrected chi connectivity index (χ4v) is 2.91. The number of hydrogen-bond donors (Lipinski definition) is 1. The monoisotopic (exact) mass is 301 g/mol. The second-order valence-corrected chi connectivity index (χ2v) is 5.69. The summed E-state index contributed by atoms with van der Waals surface area (Å²) in [7, 11) is 0. The van der Waals surface area contributed by atoms with Gasteiger partial charge in [-0.2, -0.15) is 5.10 Å². The highest BCUT2D eigenvalue weighted by Crippen LogP contribution is 2.28. The van der Waals surface area contributed by atoms with Gasteiger partial charge in [0.05, 0.1) is 6.54 Å². The Balaban J connectivity index is 1.60. The summed E-state index contributed by atoms with van der Waals surface area (Å²) in [6.45, 7) is 2.37. The van der Waals surface area contributed by atoms with Crippen molar-refractivity contribution in [2.45, 2.75) is 13.1 Å². The number of hydrogen-bond acceptors (Lipinski definition) is 3. The Bertz CT molecular complexity index is 678. The van der Waals surface area contributed by atoms with Crippen LogP contribution in [0.3, 0.4) is 0 Å². The summed E-state index contributed by atoms with van der Waals surface area (Å²) >= 11 is 1.55. The summed E-state index contributed by atoms with van der Waals surface area (Å²) in [5.74, 6) is -0.169. The average molecular weight is 301 g/mol. The topological polar surface area (TPSA) is 29.9 Å². The quantitative estimate of drug-likeness (QED) is 0.706. The van der Waals surface area contributed by atoms with Crippen molar-refractivity contribution in [1.82, 2.24) is 15.1 Å². The molecule has 0 aliphatic heterocycles. The van der Waals surface area contributed by atoms with E-state index in [0.717, 1.165) is 30.1 Å². The lowest BCUT2D eigenvalue weighted by atomic mass is 10.1. The molecule has 0 saturated carbocycles. The van der Waals surface area contributed by atoms with Crippen molar-refractivity contribution in [1.29, 1.82) is 0 Å². The number of thiophene rings is 1. The summed E-state index contributed by atoms with van der Waals surface area (Å²) in [5, 5.41) is 9.46. The second kappa shape index (κ2) is 6.65. The molecular weight excluding hydrogens is 285 g/mol. The lowest BCUT2D eigenvalue weighted by molar-refractivity contribution is 0.554. The van der Waals surface area contributed by atoms with Gasteiger partial charge in [0.15, 0.2) is 0 Å². The second-order valence-electron chi connectivity index (χ2n) is 4.74. The molecule has 0 fully saturated rings. The number of rotatable bonds is 6. The zero-order valence-corrected chi connectivity index (χ0v) is 12.3. The molecule has 0 atom stereocenters. The van der Waals surface area contributed by atoms with E-state index < -0.39 is 0 Å². The van der Waals surface area contributed by atoms with Crippen molar-refractivity contribution in [3.8, 4) is 10.4 Å². The molecule has 5 heteroatoms. The highest BCUT2D eigenvalue weighted by atomic mass is 32.1. The number of nitrogens with zero attached hydrogens (tertiary/aromatic N) is 2. The van der Waals surface area contributed by atoms with Crippen molar-refractivity contribution < 1.29 is 4.39 Å². The van der Waals surface area contributed by atoms with Crippen molar-refractivity contribution in [2.75, 3.05) is 6.54 Å². The molecule has 0 spiro atoms. The molecule has 3 rings (SSSR count). The van der Waals surface area contributed by atoms with Crippen LogP contribution < -0.4 is 5.32 Å². The highest BCUT2D eigenvalue weighted by Gasteiger charge is 2.07. The van der Waals surface area contributed by atoms with Crippen LogP contribution in [0.15, 0.2) is 54.2 Å². The van der Waals surface area contributed by atoms with Crippen LogP contribution in [0.5, 0.6) is 0 Å². The van der Waals surface area contributed by atoms with Crippen LogP contribution in [-0.2, 0) is 13.1 Å². The predicted octanol–water partition coefficient (Wildman–Crippen LogP) is 3.54. The molecule has 0 radical (unpaired) electrons. The molecule has 0 saturated heterocycles. The SMILES string of the molecule is Fc1ccc(CNCCn2cccn2)cc1-c1cccs1. The Morgan fingerprint density at radius 3 is 2.95 bits per heavy atom. The summed E-state index contributed by atoms with van der Waals surface area (Å²) in [6, 6.07) is 11.1. The van der Waals surface area contributed by atoms with E-state index in [1.807, 2.05) is 46.6 Å². The minimum absolute atomic E-state index is 0.169. The Kier molecular flexibility index (Phi) is 4.43. The van der Waals surface area contributed by atoms with Gasteiger partial charge in [-0.25, -0.2) is 4.39 Å². The zero-order chi connectivity index (χ0) is 14.5. The van der Waals surface area contributed by atoms with Crippen molar-refractivity contribution >= 4 is 11.3 Å². The van der Waals surface area contributed by atoms with Crippen molar-refractivity contribution in [2.24, 2.45) is 0 Å². The maximum Gasteiger partial charge on any atom is 0.131 e. The van der Waals surface area contributed by atoms with E-state index in [0.29, 0.717) is 5.56 Å². The normalized spacial score (nSPS) is 10.9. The molecule has 2 heterocycles. The van der Waals surface area contributed by atoms with E-state index >= 15 is 0 Å². The molecule has 0 amide bonds. The highest BCUT2D eigenvalue weighted by molar-refractivity contribution is 7.13. The summed E-state index contributed by atoms with van der Waals surface area (Å²) in [5.41, 5.74) is 1.76. The molecule has 1 aromatic carbocycles. The van der Waals surface area contributed by atoms with E-state index in [1.165, 1.54) is 0 Å². The number of halogens is 1. The van der Waals surface area contributed by atoms with Crippen LogP contribution in [0.25, 0.3) is 10.4 Å². The van der Waals surface area contributed by atoms with E-state index in [1.54, 1.807) is 23.6 Å². The van der Waals surface area contributed by atoms with Gasteiger partial charge in [-0.15, -0.1) is 11.3 Å². The predicted molar refractivity (Wildman–Crippen MR) is 83.6 cm³/mol. The van der Waals surface area contributed by atoms with Crippen LogP contribution in [0.4, 0.5) is 4.39 Å². The minimum Gasteiger partial charge on any atom is -0.311 e. The first-order valence-corrected chi connectivity index (χ1v) is 7.71. The fourth-order valence-electron chi connectivity index (χ4n) is 2.16.